The lowest BCUT2D eigenvalue weighted by Gasteiger charge is -2.09. The number of fused-ring (bicyclic) bond motifs is 1. The fourth-order valence-corrected chi connectivity index (χ4v) is 1.73. The third kappa shape index (κ3) is 1.84. The first-order chi connectivity index (χ1) is 8.54. The van der Waals surface area contributed by atoms with Crippen molar-refractivity contribution in [3.8, 4) is 5.75 Å². The van der Waals surface area contributed by atoms with Crippen LogP contribution in [0.2, 0.25) is 0 Å². The molecule has 0 saturated heterocycles. The maximum absolute atomic E-state index is 11.9. The molecule has 2 rings (SSSR count). The van der Waals surface area contributed by atoms with Crippen molar-refractivity contribution < 1.29 is 24.2 Å². The fourth-order valence-electron chi connectivity index (χ4n) is 1.73. The van der Waals surface area contributed by atoms with E-state index in [0.717, 1.165) is 4.90 Å². The Morgan fingerprint density at radius 3 is 2.61 bits per heavy atom. The van der Waals surface area contributed by atoms with Crippen LogP contribution in [0.1, 0.15) is 20.7 Å². The minimum atomic E-state index is -1.48. The number of imide groups is 1. The van der Waals surface area contributed by atoms with Crippen molar-refractivity contribution in [2.24, 2.45) is 0 Å². The minimum Gasteiger partial charge on any atom is -0.449 e. The molecule has 0 atom stereocenters. The number of benzene rings is 1. The molecule has 6 heteroatoms. The van der Waals surface area contributed by atoms with Gasteiger partial charge in [0.25, 0.3) is 11.8 Å². The molecule has 6 nitrogen and oxygen atoms in total. The van der Waals surface area contributed by atoms with Crippen LogP contribution in [-0.4, -0.2) is 34.5 Å². The Labute approximate surface area is 102 Å². The molecule has 1 aromatic rings. The van der Waals surface area contributed by atoms with E-state index in [2.05, 4.69) is 11.3 Å². The van der Waals surface area contributed by atoms with Crippen molar-refractivity contribution in [1.82, 2.24) is 4.90 Å². The average Bonchev–Trinajstić information content (AvgIpc) is 2.54. The second-order valence-corrected chi connectivity index (χ2v) is 3.58. The summed E-state index contributed by atoms with van der Waals surface area (Å²) in [5.41, 5.74) is 0.375. The topological polar surface area (TPSA) is 83.9 Å². The number of hydrogen-bond acceptors (Lipinski definition) is 4. The summed E-state index contributed by atoms with van der Waals surface area (Å²) in [5.74, 6) is -0.898. The van der Waals surface area contributed by atoms with E-state index in [4.69, 9.17) is 5.11 Å². The second-order valence-electron chi connectivity index (χ2n) is 3.58. The largest absolute Gasteiger partial charge is 0.511 e. The van der Waals surface area contributed by atoms with E-state index in [1.165, 1.54) is 24.3 Å². The summed E-state index contributed by atoms with van der Waals surface area (Å²) in [5, 5.41) is 8.47. The molecule has 92 valence electrons. The van der Waals surface area contributed by atoms with Gasteiger partial charge in [0, 0.05) is 6.54 Å². The van der Waals surface area contributed by atoms with Crippen LogP contribution in [0, 0.1) is 0 Å². The number of carbonyl (C=O) groups is 3. The van der Waals surface area contributed by atoms with Gasteiger partial charge in [-0.25, -0.2) is 4.79 Å². The first-order valence-electron chi connectivity index (χ1n) is 5.06. The number of carboxylic acid groups (broad SMARTS) is 1. The van der Waals surface area contributed by atoms with Crippen LogP contribution in [0.25, 0.3) is 0 Å². The summed E-state index contributed by atoms with van der Waals surface area (Å²) in [6, 6.07) is 3.94. The second kappa shape index (κ2) is 4.33. The predicted octanol–water partition coefficient (Wildman–Crippen LogP) is 1.53. The molecule has 1 aliphatic rings. The molecule has 1 heterocycles. The maximum atomic E-state index is 11.9. The standard InChI is InChI=1S/C12H9NO5/c1-2-5-13-10(14)8-4-3-7(18-12(16)17)6-9(8)11(13)15/h2-4,6H,1,5H2,(H,16,17). The predicted molar refractivity (Wildman–Crippen MR) is 60.7 cm³/mol. The maximum Gasteiger partial charge on any atom is 0.511 e. The molecule has 18 heavy (non-hydrogen) atoms. The highest BCUT2D eigenvalue weighted by Crippen LogP contribution is 2.26. The van der Waals surface area contributed by atoms with E-state index >= 15 is 0 Å². The Hall–Kier alpha value is -2.63. The van der Waals surface area contributed by atoms with Gasteiger partial charge in [0.2, 0.25) is 0 Å². The molecule has 0 radical (unpaired) electrons. The lowest BCUT2D eigenvalue weighted by molar-refractivity contribution is 0.0671. The van der Waals surface area contributed by atoms with Gasteiger partial charge in [-0.05, 0) is 18.2 Å². The highest BCUT2D eigenvalue weighted by Gasteiger charge is 2.35. The van der Waals surface area contributed by atoms with Crippen molar-refractivity contribution >= 4 is 18.0 Å². The number of rotatable bonds is 3. The number of nitrogens with zero attached hydrogens (tertiary/aromatic N) is 1. The minimum absolute atomic E-state index is 0.00264. The highest BCUT2D eigenvalue weighted by molar-refractivity contribution is 6.21. The first-order valence-corrected chi connectivity index (χ1v) is 5.06. The third-order valence-electron chi connectivity index (χ3n) is 2.46. The van der Waals surface area contributed by atoms with Crippen molar-refractivity contribution in [2.75, 3.05) is 6.54 Å². The van der Waals surface area contributed by atoms with E-state index in [1.54, 1.807) is 0 Å². The number of carbonyl (C=O) groups excluding carboxylic acids is 2. The molecule has 1 N–H and O–H groups in total. The van der Waals surface area contributed by atoms with Crippen LogP contribution >= 0.6 is 0 Å². The molecule has 0 fully saturated rings. The fraction of sp³-hybridized carbons (Fsp3) is 0.0833. The average molecular weight is 247 g/mol. The van der Waals surface area contributed by atoms with Crippen molar-refractivity contribution in [1.29, 1.82) is 0 Å². The van der Waals surface area contributed by atoms with Gasteiger partial charge in [0.1, 0.15) is 5.75 Å². The highest BCUT2D eigenvalue weighted by atomic mass is 16.7. The van der Waals surface area contributed by atoms with Crippen LogP contribution in [0.4, 0.5) is 4.79 Å². The molecule has 2 amide bonds. The molecule has 0 aromatic heterocycles. The Morgan fingerprint density at radius 2 is 2.00 bits per heavy atom. The Balaban J connectivity index is 2.39. The summed E-state index contributed by atoms with van der Waals surface area (Å²) < 4.78 is 4.43. The molecular formula is C12H9NO5. The number of hydrogen-bond donors (Lipinski definition) is 1. The third-order valence-corrected chi connectivity index (χ3v) is 2.46. The molecule has 0 spiro atoms. The molecule has 0 unspecified atom stereocenters. The van der Waals surface area contributed by atoms with Crippen molar-refractivity contribution in [2.45, 2.75) is 0 Å². The quantitative estimate of drug-likeness (QED) is 0.379. The van der Waals surface area contributed by atoms with E-state index in [1.807, 2.05) is 0 Å². The summed E-state index contributed by atoms with van der Waals surface area (Å²) >= 11 is 0. The number of amides is 2. The van der Waals surface area contributed by atoms with Crippen LogP contribution in [0.5, 0.6) is 5.75 Å². The van der Waals surface area contributed by atoms with Gasteiger partial charge in [-0.15, -0.1) is 6.58 Å². The van der Waals surface area contributed by atoms with Gasteiger partial charge >= 0.3 is 6.16 Å². The lowest BCUT2D eigenvalue weighted by Crippen LogP contribution is -2.29. The smallest absolute Gasteiger partial charge is 0.449 e. The first kappa shape index (κ1) is 11.8. The monoisotopic (exact) mass is 247 g/mol. The van der Waals surface area contributed by atoms with E-state index < -0.39 is 18.0 Å². The van der Waals surface area contributed by atoms with E-state index in [-0.39, 0.29) is 23.4 Å². The van der Waals surface area contributed by atoms with Gasteiger partial charge in [0.15, 0.2) is 0 Å². The van der Waals surface area contributed by atoms with Crippen molar-refractivity contribution in [3.05, 3.63) is 42.0 Å². The molecule has 0 aliphatic carbocycles. The van der Waals surface area contributed by atoms with Gasteiger partial charge in [-0.2, -0.15) is 0 Å². The number of ether oxygens (including phenoxy) is 1. The molecule has 0 bridgehead atoms. The summed E-state index contributed by atoms with van der Waals surface area (Å²) in [4.78, 5) is 35.1. The van der Waals surface area contributed by atoms with Gasteiger partial charge in [-0.3, -0.25) is 14.5 Å². The lowest BCUT2D eigenvalue weighted by atomic mass is 10.1. The van der Waals surface area contributed by atoms with Gasteiger partial charge in [-0.1, -0.05) is 6.08 Å². The SMILES string of the molecule is C=CCN1C(=O)c2ccc(OC(=O)O)cc2C1=O. The van der Waals surface area contributed by atoms with E-state index in [9.17, 15) is 14.4 Å². The van der Waals surface area contributed by atoms with Crippen LogP contribution in [-0.2, 0) is 0 Å². The molecule has 0 saturated carbocycles. The zero-order valence-corrected chi connectivity index (χ0v) is 9.25. The van der Waals surface area contributed by atoms with Gasteiger partial charge < -0.3 is 9.84 Å². The Kier molecular flexibility index (Phi) is 2.85. The summed E-state index contributed by atoms with van der Waals surface area (Å²) in [7, 11) is 0. The van der Waals surface area contributed by atoms with Crippen LogP contribution in [0.3, 0.4) is 0 Å². The Morgan fingerprint density at radius 1 is 1.33 bits per heavy atom. The van der Waals surface area contributed by atoms with Crippen LogP contribution in [0.15, 0.2) is 30.9 Å². The van der Waals surface area contributed by atoms with Crippen LogP contribution < -0.4 is 4.74 Å². The zero-order chi connectivity index (χ0) is 13.3. The summed E-state index contributed by atoms with van der Waals surface area (Å²) in [6.07, 6.45) is -0.0363. The molecular weight excluding hydrogens is 238 g/mol. The summed E-state index contributed by atoms with van der Waals surface area (Å²) in [6.45, 7) is 3.58. The van der Waals surface area contributed by atoms with Crippen molar-refractivity contribution in [3.63, 3.8) is 0 Å². The molecule has 1 aromatic carbocycles. The van der Waals surface area contributed by atoms with E-state index in [0.29, 0.717) is 0 Å². The zero-order valence-electron chi connectivity index (χ0n) is 9.25. The Bertz CT molecular complexity index is 564. The normalized spacial score (nSPS) is 13.4. The molecule has 1 aliphatic heterocycles. The van der Waals surface area contributed by atoms with Gasteiger partial charge in [0.05, 0.1) is 11.1 Å².